The molecule has 92 valence electrons. The Morgan fingerprint density at radius 3 is 2.82 bits per heavy atom. The smallest absolute Gasteiger partial charge is 0.242 e. The Labute approximate surface area is 110 Å². The van der Waals surface area contributed by atoms with Gasteiger partial charge < -0.3 is 10.2 Å². The summed E-state index contributed by atoms with van der Waals surface area (Å²) in [7, 11) is 0. The maximum atomic E-state index is 12.2. The van der Waals surface area contributed by atoms with Crippen LogP contribution in [0.4, 0.5) is 0 Å². The lowest BCUT2D eigenvalue weighted by atomic mass is 10.0. The molecule has 1 N–H and O–H groups in total. The molecule has 1 aromatic rings. The van der Waals surface area contributed by atoms with Crippen LogP contribution in [0.2, 0.25) is 0 Å². The number of carbonyl (C=O) groups is 1. The predicted molar refractivity (Wildman–Crippen MR) is 71.6 cm³/mol. The van der Waals surface area contributed by atoms with E-state index in [1.807, 2.05) is 43.0 Å². The fraction of sp³-hybridized carbons (Fsp3) is 0.462. The molecule has 1 aliphatic rings. The lowest BCUT2D eigenvalue weighted by molar-refractivity contribution is -0.140. The average molecular weight is 297 g/mol. The van der Waals surface area contributed by atoms with Gasteiger partial charge in [-0.1, -0.05) is 34.1 Å². The molecule has 1 amide bonds. The van der Waals surface area contributed by atoms with Gasteiger partial charge in [0.25, 0.3) is 0 Å². The first kappa shape index (κ1) is 12.6. The highest BCUT2D eigenvalue weighted by atomic mass is 79.9. The molecular formula is C13H17BrN2O. The highest BCUT2D eigenvalue weighted by molar-refractivity contribution is 9.10. The van der Waals surface area contributed by atoms with Gasteiger partial charge in [-0.05, 0) is 25.5 Å². The monoisotopic (exact) mass is 296 g/mol. The Morgan fingerprint density at radius 2 is 2.12 bits per heavy atom. The van der Waals surface area contributed by atoms with E-state index in [9.17, 15) is 4.79 Å². The maximum Gasteiger partial charge on any atom is 0.242 e. The van der Waals surface area contributed by atoms with Gasteiger partial charge >= 0.3 is 0 Å². The number of amides is 1. The van der Waals surface area contributed by atoms with Crippen molar-refractivity contribution in [3.8, 4) is 0 Å². The van der Waals surface area contributed by atoms with Crippen molar-refractivity contribution in [1.82, 2.24) is 10.2 Å². The molecule has 1 heterocycles. The molecule has 0 spiro atoms. The van der Waals surface area contributed by atoms with Gasteiger partial charge in [0.15, 0.2) is 0 Å². The minimum absolute atomic E-state index is 0.166. The molecule has 4 heteroatoms. The first-order chi connectivity index (χ1) is 8.00. The van der Waals surface area contributed by atoms with Crippen LogP contribution in [0.25, 0.3) is 0 Å². The number of benzene rings is 1. The summed E-state index contributed by atoms with van der Waals surface area (Å²) in [4.78, 5) is 14.1. The third kappa shape index (κ3) is 2.69. The van der Waals surface area contributed by atoms with Crippen molar-refractivity contribution in [2.45, 2.75) is 25.9 Å². The number of carbonyl (C=O) groups excluding carboxylic acids is 1. The summed E-state index contributed by atoms with van der Waals surface area (Å²) in [6, 6.07) is 8.04. The van der Waals surface area contributed by atoms with Crippen molar-refractivity contribution in [2.24, 2.45) is 0 Å². The average Bonchev–Trinajstić information content (AvgIpc) is 2.28. The number of nitrogens with zero attached hydrogens (tertiary/aromatic N) is 1. The Balaban J connectivity index is 2.14. The number of piperazine rings is 1. The molecule has 1 aliphatic heterocycles. The van der Waals surface area contributed by atoms with Crippen molar-refractivity contribution >= 4 is 21.8 Å². The summed E-state index contributed by atoms with van der Waals surface area (Å²) in [5.41, 5.74) is 0.707. The molecule has 17 heavy (non-hydrogen) atoms. The van der Waals surface area contributed by atoms with Gasteiger partial charge in [-0.15, -0.1) is 0 Å². The molecule has 0 aliphatic carbocycles. The van der Waals surface area contributed by atoms with Crippen molar-refractivity contribution in [3.63, 3.8) is 0 Å². The van der Waals surface area contributed by atoms with Gasteiger partial charge in [0.2, 0.25) is 5.91 Å². The second-order valence-electron chi connectivity index (χ2n) is 4.87. The zero-order chi connectivity index (χ0) is 12.5. The first-order valence-corrected chi connectivity index (χ1v) is 6.58. The van der Waals surface area contributed by atoms with Crippen LogP contribution < -0.4 is 5.32 Å². The Kier molecular flexibility index (Phi) is 3.54. The quantitative estimate of drug-likeness (QED) is 0.907. The molecule has 0 saturated carbocycles. The molecule has 0 atom stereocenters. The topological polar surface area (TPSA) is 32.3 Å². The van der Waals surface area contributed by atoms with Crippen LogP contribution in [-0.4, -0.2) is 29.4 Å². The van der Waals surface area contributed by atoms with Gasteiger partial charge in [0.05, 0.1) is 5.54 Å². The minimum Gasteiger partial charge on any atom is -0.335 e. The Morgan fingerprint density at radius 1 is 1.41 bits per heavy atom. The number of hydrogen-bond acceptors (Lipinski definition) is 2. The molecule has 2 rings (SSSR count). The van der Waals surface area contributed by atoms with Crippen LogP contribution in [0.3, 0.4) is 0 Å². The van der Waals surface area contributed by atoms with Crippen molar-refractivity contribution < 1.29 is 4.79 Å². The largest absolute Gasteiger partial charge is 0.335 e. The van der Waals surface area contributed by atoms with Crippen LogP contribution in [0, 0.1) is 0 Å². The van der Waals surface area contributed by atoms with Crippen LogP contribution in [0.5, 0.6) is 0 Å². The van der Waals surface area contributed by atoms with E-state index in [0.717, 1.165) is 23.1 Å². The first-order valence-electron chi connectivity index (χ1n) is 5.78. The Bertz CT molecular complexity index is 431. The lowest BCUT2D eigenvalue weighted by Crippen LogP contribution is -2.60. The molecule has 3 nitrogen and oxygen atoms in total. The van der Waals surface area contributed by atoms with Crippen LogP contribution in [0.1, 0.15) is 19.4 Å². The summed E-state index contributed by atoms with van der Waals surface area (Å²) >= 11 is 3.52. The lowest BCUT2D eigenvalue weighted by Gasteiger charge is -2.38. The Hall–Kier alpha value is -0.870. The molecular weight excluding hydrogens is 280 g/mol. The molecule has 0 radical (unpaired) electrons. The molecule has 1 fully saturated rings. The van der Waals surface area contributed by atoms with E-state index in [4.69, 9.17) is 0 Å². The van der Waals surface area contributed by atoms with Gasteiger partial charge in [0, 0.05) is 24.1 Å². The fourth-order valence-corrected chi connectivity index (χ4v) is 2.47. The maximum absolute atomic E-state index is 12.2. The van der Waals surface area contributed by atoms with Crippen molar-refractivity contribution in [1.29, 1.82) is 0 Å². The molecule has 1 aromatic carbocycles. The minimum atomic E-state index is -0.445. The third-order valence-corrected chi connectivity index (χ3v) is 3.86. The summed E-state index contributed by atoms with van der Waals surface area (Å²) in [5.74, 6) is 0.166. The molecule has 1 saturated heterocycles. The zero-order valence-electron chi connectivity index (χ0n) is 10.2. The van der Waals surface area contributed by atoms with Crippen LogP contribution >= 0.6 is 15.9 Å². The van der Waals surface area contributed by atoms with Crippen molar-refractivity contribution in [3.05, 3.63) is 34.3 Å². The predicted octanol–water partition coefficient (Wildman–Crippen LogP) is 2.16. The molecule has 0 unspecified atom stereocenters. The second kappa shape index (κ2) is 4.78. The number of hydrogen-bond donors (Lipinski definition) is 1. The van der Waals surface area contributed by atoms with E-state index in [1.54, 1.807) is 0 Å². The van der Waals surface area contributed by atoms with Gasteiger partial charge in [-0.2, -0.15) is 0 Å². The molecule has 0 bridgehead atoms. The number of rotatable bonds is 2. The van der Waals surface area contributed by atoms with E-state index in [-0.39, 0.29) is 5.91 Å². The van der Waals surface area contributed by atoms with Gasteiger partial charge in [-0.25, -0.2) is 0 Å². The third-order valence-electron chi connectivity index (χ3n) is 3.09. The normalized spacial score (nSPS) is 19.5. The second-order valence-corrected chi connectivity index (χ2v) is 5.72. The van der Waals surface area contributed by atoms with Crippen molar-refractivity contribution in [2.75, 3.05) is 13.1 Å². The van der Waals surface area contributed by atoms with E-state index in [2.05, 4.69) is 21.2 Å². The fourth-order valence-electron chi connectivity index (χ4n) is 2.06. The summed E-state index contributed by atoms with van der Waals surface area (Å²) < 4.78 is 1.06. The van der Waals surface area contributed by atoms with Gasteiger partial charge in [-0.3, -0.25) is 4.79 Å². The number of nitrogens with one attached hydrogen (secondary N) is 1. The highest BCUT2D eigenvalue weighted by Crippen LogP contribution is 2.20. The van der Waals surface area contributed by atoms with Gasteiger partial charge in [0.1, 0.15) is 0 Å². The van der Waals surface area contributed by atoms with Crippen LogP contribution in [-0.2, 0) is 11.3 Å². The van der Waals surface area contributed by atoms with E-state index in [0.29, 0.717) is 6.54 Å². The zero-order valence-corrected chi connectivity index (χ0v) is 11.8. The SMILES string of the molecule is CC1(C)NCCN(Cc2ccccc2Br)C1=O. The standard InChI is InChI=1S/C13H17BrN2O/c1-13(2)12(17)16(8-7-15-13)9-10-5-3-4-6-11(10)14/h3-6,15H,7-9H2,1-2H3. The van der Waals surface area contributed by atoms with Crippen LogP contribution in [0.15, 0.2) is 28.7 Å². The highest BCUT2D eigenvalue weighted by Gasteiger charge is 2.35. The summed E-state index contributed by atoms with van der Waals surface area (Å²) in [5, 5.41) is 3.24. The number of halogens is 1. The summed E-state index contributed by atoms with van der Waals surface area (Å²) in [6.07, 6.45) is 0. The molecule has 0 aromatic heterocycles. The summed E-state index contributed by atoms with van der Waals surface area (Å²) in [6.45, 7) is 6.15. The van der Waals surface area contributed by atoms with E-state index in [1.165, 1.54) is 0 Å². The van der Waals surface area contributed by atoms with E-state index >= 15 is 0 Å². The van der Waals surface area contributed by atoms with E-state index < -0.39 is 5.54 Å².